The number of fused-ring (bicyclic) bond motifs is 1. The van der Waals surface area contributed by atoms with Crippen LogP contribution in [0.15, 0.2) is 30.0 Å². The number of rotatable bonds is 7. The molecule has 0 unspecified atom stereocenters. The summed E-state index contributed by atoms with van der Waals surface area (Å²) >= 11 is 0. The van der Waals surface area contributed by atoms with Crippen LogP contribution < -0.4 is 5.32 Å². The molecule has 0 saturated carbocycles. The third kappa shape index (κ3) is 5.06. The fraction of sp³-hybridized carbons (Fsp3) is 0.500. The number of hydrogen-bond donors (Lipinski definition) is 2. The van der Waals surface area contributed by atoms with Gasteiger partial charge < -0.3 is 29.5 Å². The van der Waals surface area contributed by atoms with Crippen LogP contribution in [0.1, 0.15) is 45.2 Å². The first kappa shape index (κ1) is 25.2. The summed E-state index contributed by atoms with van der Waals surface area (Å²) in [6, 6.07) is 6.68. The zero-order valence-electron chi connectivity index (χ0n) is 19.9. The van der Waals surface area contributed by atoms with E-state index in [2.05, 4.69) is 5.32 Å². The minimum atomic E-state index is -0.870. The summed E-state index contributed by atoms with van der Waals surface area (Å²) in [6.07, 6.45) is -1.10. The van der Waals surface area contributed by atoms with Crippen molar-refractivity contribution in [1.29, 1.82) is 0 Å². The fourth-order valence-electron chi connectivity index (χ4n) is 4.01. The molecule has 1 aromatic rings. The number of amides is 2. The molecule has 1 fully saturated rings. The van der Waals surface area contributed by atoms with Gasteiger partial charge in [0.15, 0.2) is 0 Å². The van der Waals surface area contributed by atoms with E-state index in [0.29, 0.717) is 23.1 Å². The van der Waals surface area contributed by atoms with Gasteiger partial charge in [-0.15, -0.1) is 0 Å². The number of aliphatic hydroxyl groups excluding tert-OH is 1. The zero-order valence-corrected chi connectivity index (χ0v) is 19.9. The molecule has 34 heavy (non-hydrogen) atoms. The Labute approximate surface area is 197 Å². The summed E-state index contributed by atoms with van der Waals surface area (Å²) in [5, 5.41) is 12.4. The van der Waals surface area contributed by atoms with E-state index in [0.717, 1.165) is 0 Å². The van der Waals surface area contributed by atoms with Gasteiger partial charge in [0.2, 0.25) is 12.7 Å². The first-order valence-electron chi connectivity index (χ1n) is 11.0. The van der Waals surface area contributed by atoms with Gasteiger partial charge in [0, 0.05) is 7.05 Å². The van der Waals surface area contributed by atoms with Crippen LogP contribution in [0.4, 0.5) is 4.79 Å². The van der Waals surface area contributed by atoms with Crippen molar-refractivity contribution >= 4 is 29.5 Å². The Balaban J connectivity index is 1.86. The van der Waals surface area contributed by atoms with Crippen molar-refractivity contribution in [3.05, 3.63) is 41.1 Å². The molecule has 10 heteroatoms. The van der Waals surface area contributed by atoms with Gasteiger partial charge in [0.05, 0.1) is 23.5 Å². The third-order valence-corrected chi connectivity index (χ3v) is 5.76. The van der Waals surface area contributed by atoms with Gasteiger partial charge in [-0.3, -0.25) is 9.59 Å². The van der Waals surface area contributed by atoms with Crippen molar-refractivity contribution in [2.75, 3.05) is 13.8 Å². The molecule has 1 aromatic carbocycles. The summed E-state index contributed by atoms with van der Waals surface area (Å²) in [5.74, 6) is -2.33. The highest BCUT2D eigenvalue weighted by molar-refractivity contribution is 6.06. The molecule has 0 spiro atoms. The van der Waals surface area contributed by atoms with Crippen molar-refractivity contribution in [2.24, 2.45) is 11.3 Å². The number of carbonyl (C=O) groups excluding carboxylic acids is 4. The van der Waals surface area contributed by atoms with Crippen molar-refractivity contribution in [1.82, 2.24) is 10.2 Å². The van der Waals surface area contributed by atoms with Gasteiger partial charge in [-0.05, 0) is 56.9 Å². The molecule has 0 aliphatic carbocycles. The number of nitrogens with zero attached hydrogens (tertiary/aromatic N) is 1. The van der Waals surface area contributed by atoms with Crippen LogP contribution in [0.2, 0.25) is 0 Å². The molecule has 0 bridgehead atoms. The van der Waals surface area contributed by atoms with E-state index in [9.17, 15) is 24.3 Å². The molecule has 0 aromatic heterocycles. The molecular formula is C24H30N2O8. The fourth-order valence-corrected chi connectivity index (χ4v) is 4.01. The second-order valence-electron chi connectivity index (χ2n) is 9.33. The summed E-state index contributed by atoms with van der Waals surface area (Å²) in [7, 11) is 1.46. The van der Waals surface area contributed by atoms with Crippen LogP contribution in [0, 0.1) is 11.3 Å². The number of alkyl carbamates (subject to hydrolysis) is 1. The van der Waals surface area contributed by atoms with Crippen LogP contribution >= 0.6 is 0 Å². The lowest BCUT2D eigenvalue weighted by molar-refractivity contribution is -0.175. The molecule has 2 aliphatic rings. The Kier molecular flexibility index (Phi) is 7.30. The number of carbonyl (C=O) groups is 4. The van der Waals surface area contributed by atoms with Gasteiger partial charge in [-0.25, -0.2) is 9.59 Å². The topological polar surface area (TPSA) is 131 Å². The van der Waals surface area contributed by atoms with Crippen molar-refractivity contribution in [3.8, 4) is 0 Å². The first-order chi connectivity index (χ1) is 16.0. The average Bonchev–Trinajstić information content (AvgIpc) is 3.11. The van der Waals surface area contributed by atoms with E-state index in [1.807, 2.05) is 0 Å². The Bertz CT molecular complexity index is 1020. The van der Waals surface area contributed by atoms with Crippen molar-refractivity contribution in [2.45, 2.75) is 52.9 Å². The SMILES string of the molecule is CNC(=O)OCc1cccc(C2=C(C(=O)OCOC(=O)C(C)(C)C)N3C(=O)[C@H]([C@@H](C)O)[C@H]3C2)c1. The molecule has 2 heterocycles. The monoisotopic (exact) mass is 474 g/mol. The maximum atomic E-state index is 13.0. The van der Waals surface area contributed by atoms with E-state index < -0.39 is 42.3 Å². The van der Waals surface area contributed by atoms with Crippen LogP contribution in [-0.4, -0.2) is 59.9 Å². The predicted molar refractivity (Wildman–Crippen MR) is 120 cm³/mol. The maximum absolute atomic E-state index is 13.0. The van der Waals surface area contributed by atoms with Gasteiger partial charge in [-0.2, -0.15) is 0 Å². The summed E-state index contributed by atoms with van der Waals surface area (Å²) in [5.41, 5.74) is 1.21. The lowest BCUT2D eigenvalue weighted by atomic mass is 9.82. The quantitative estimate of drug-likeness (QED) is 0.348. The normalized spacial score (nSPS) is 20.3. The standard InChI is InChI=1S/C24H30N2O8/c1-13(27)18-17-10-16(15-8-6-7-14(9-15)11-32-23(31)25-5)19(26(17)20(18)28)21(29)33-12-34-22(30)24(2,3)4/h6-9,13,17-18,27H,10-12H2,1-5H3,(H,25,31)/t13-,17-,18-/m1/s1. The average molecular weight is 475 g/mol. The number of nitrogens with one attached hydrogen (secondary N) is 1. The van der Waals surface area contributed by atoms with Crippen molar-refractivity contribution in [3.63, 3.8) is 0 Å². The summed E-state index contributed by atoms with van der Waals surface area (Å²) in [4.78, 5) is 50.5. The molecule has 0 radical (unpaired) electrons. The number of benzene rings is 1. The van der Waals surface area contributed by atoms with Crippen LogP contribution in [0.25, 0.3) is 5.57 Å². The van der Waals surface area contributed by atoms with E-state index in [-0.39, 0.29) is 24.3 Å². The molecule has 10 nitrogen and oxygen atoms in total. The number of hydrogen-bond acceptors (Lipinski definition) is 8. The minimum Gasteiger partial charge on any atom is -0.445 e. The second kappa shape index (κ2) is 9.84. The summed E-state index contributed by atoms with van der Waals surface area (Å²) < 4.78 is 15.3. The molecule has 1 saturated heterocycles. The van der Waals surface area contributed by atoms with Gasteiger partial charge in [0.1, 0.15) is 12.3 Å². The van der Waals surface area contributed by atoms with E-state index in [4.69, 9.17) is 14.2 Å². The largest absolute Gasteiger partial charge is 0.445 e. The van der Waals surface area contributed by atoms with Gasteiger partial charge in [-0.1, -0.05) is 18.2 Å². The summed E-state index contributed by atoms with van der Waals surface area (Å²) in [6.45, 7) is 6.00. The van der Waals surface area contributed by atoms with E-state index in [1.54, 1.807) is 52.0 Å². The minimum absolute atomic E-state index is 0.0195. The molecule has 3 rings (SSSR count). The number of aliphatic hydroxyl groups is 1. The Morgan fingerprint density at radius 1 is 1.21 bits per heavy atom. The predicted octanol–water partition coefficient (Wildman–Crippen LogP) is 1.96. The third-order valence-electron chi connectivity index (χ3n) is 5.76. The van der Waals surface area contributed by atoms with Gasteiger partial charge >= 0.3 is 18.0 Å². The lowest BCUT2D eigenvalue weighted by Crippen LogP contribution is -2.61. The highest BCUT2D eigenvalue weighted by Crippen LogP contribution is 2.47. The second-order valence-corrected chi connectivity index (χ2v) is 9.33. The number of β-lactam (4-membered cyclic amide) rings is 1. The van der Waals surface area contributed by atoms with E-state index in [1.165, 1.54) is 11.9 Å². The van der Waals surface area contributed by atoms with Crippen LogP contribution in [0.5, 0.6) is 0 Å². The Morgan fingerprint density at radius 2 is 1.91 bits per heavy atom. The highest BCUT2D eigenvalue weighted by atomic mass is 16.7. The van der Waals surface area contributed by atoms with Crippen LogP contribution in [0.3, 0.4) is 0 Å². The zero-order chi connectivity index (χ0) is 25.2. The number of esters is 2. The molecule has 2 aliphatic heterocycles. The van der Waals surface area contributed by atoms with Crippen LogP contribution in [-0.2, 0) is 35.2 Å². The smallest absolute Gasteiger partial charge is 0.407 e. The highest BCUT2D eigenvalue weighted by Gasteiger charge is 2.57. The molecule has 2 amide bonds. The molecule has 2 N–H and O–H groups in total. The molecule has 3 atom stereocenters. The van der Waals surface area contributed by atoms with Crippen molar-refractivity contribution < 1.29 is 38.5 Å². The number of ether oxygens (including phenoxy) is 3. The molecular weight excluding hydrogens is 444 g/mol. The molecule has 184 valence electrons. The van der Waals surface area contributed by atoms with Gasteiger partial charge in [0.25, 0.3) is 0 Å². The Hall–Kier alpha value is -3.40. The van der Waals surface area contributed by atoms with E-state index >= 15 is 0 Å². The lowest BCUT2D eigenvalue weighted by Gasteiger charge is -2.44. The first-order valence-corrected chi connectivity index (χ1v) is 11.0. The Morgan fingerprint density at radius 3 is 2.53 bits per heavy atom. The maximum Gasteiger partial charge on any atom is 0.407 e.